The molecule has 1 aliphatic rings. The van der Waals surface area contributed by atoms with E-state index in [4.69, 9.17) is 5.73 Å². The normalized spacial score (nSPS) is 31.2. The summed E-state index contributed by atoms with van der Waals surface area (Å²) in [4.78, 5) is 1.82. The number of rotatable bonds is 3. The lowest BCUT2D eigenvalue weighted by atomic mass is 9.92. The van der Waals surface area contributed by atoms with E-state index in [2.05, 4.69) is 6.92 Å². The van der Waals surface area contributed by atoms with Gasteiger partial charge < -0.3 is 5.73 Å². The van der Waals surface area contributed by atoms with Crippen LogP contribution >= 0.6 is 0 Å². The molecule has 1 fully saturated rings. The van der Waals surface area contributed by atoms with Crippen molar-refractivity contribution in [3.63, 3.8) is 0 Å². The maximum absolute atomic E-state index is 12.1. The van der Waals surface area contributed by atoms with E-state index in [1.807, 2.05) is 4.90 Å². The molecule has 1 saturated heterocycles. The zero-order valence-electron chi connectivity index (χ0n) is 8.05. The third kappa shape index (κ3) is 3.19. The zero-order chi connectivity index (χ0) is 9.84. The first kappa shape index (κ1) is 10.9. The lowest BCUT2D eigenvalue weighted by molar-refractivity contribution is 0.0406. The van der Waals surface area contributed by atoms with Gasteiger partial charge in [0.05, 0.1) is 6.54 Å². The van der Waals surface area contributed by atoms with Gasteiger partial charge in [0.2, 0.25) is 0 Å². The first-order valence-corrected chi connectivity index (χ1v) is 4.85. The van der Waals surface area contributed by atoms with Gasteiger partial charge in [-0.25, -0.2) is 8.78 Å². The summed E-state index contributed by atoms with van der Waals surface area (Å²) in [6.07, 6.45) is -0.255. The predicted molar refractivity (Wildman–Crippen MR) is 48.8 cm³/mol. The average Bonchev–Trinajstić information content (AvgIpc) is 2.07. The Morgan fingerprint density at radius 1 is 1.54 bits per heavy atom. The molecule has 0 aliphatic carbocycles. The number of piperidine rings is 1. The largest absolute Gasteiger partial charge is 0.329 e. The van der Waals surface area contributed by atoms with Crippen molar-refractivity contribution in [2.24, 2.45) is 11.7 Å². The molecule has 1 aliphatic heterocycles. The van der Waals surface area contributed by atoms with Crippen molar-refractivity contribution in [3.8, 4) is 0 Å². The lowest BCUT2D eigenvalue weighted by Crippen LogP contribution is -2.47. The van der Waals surface area contributed by atoms with Crippen LogP contribution < -0.4 is 5.73 Å². The van der Waals surface area contributed by atoms with Crippen molar-refractivity contribution in [2.75, 3.05) is 19.6 Å². The molecule has 2 N–H and O–H groups in total. The molecule has 2 unspecified atom stereocenters. The van der Waals surface area contributed by atoms with Gasteiger partial charge in [0.15, 0.2) is 0 Å². The maximum atomic E-state index is 12.1. The highest BCUT2D eigenvalue weighted by Gasteiger charge is 2.26. The Hall–Kier alpha value is -0.220. The fourth-order valence-electron chi connectivity index (χ4n) is 1.96. The maximum Gasteiger partial charge on any atom is 0.251 e. The van der Waals surface area contributed by atoms with Crippen molar-refractivity contribution in [3.05, 3.63) is 0 Å². The van der Waals surface area contributed by atoms with E-state index >= 15 is 0 Å². The number of hydrogen-bond donors (Lipinski definition) is 1. The summed E-state index contributed by atoms with van der Waals surface area (Å²) in [7, 11) is 0. The smallest absolute Gasteiger partial charge is 0.251 e. The van der Waals surface area contributed by atoms with Gasteiger partial charge in [-0.15, -0.1) is 0 Å². The van der Waals surface area contributed by atoms with Gasteiger partial charge in [-0.3, -0.25) is 4.90 Å². The predicted octanol–water partition coefficient (Wildman–Crippen LogP) is 1.31. The molecule has 4 heteroatoms. The zero-order valence-corrected chi connectivity index (χ0v) is 8.05. The molecule has 0 aromatic heterocycles. The topological polar surface area (TPSA) is 29.3 Å². The monoisotopic (exact) mass is 192 g/mol. The van der Waals surface area contributed by atoms with Gasteiger partial charge in [0, 0.05) is 12.6 Å². The Morgan fingerprint density at radius 3 is 2.77 bits per heavy atom. The van der Waals surface area contributed by atoms with Gasteiger partial charge >= 0.3 is 0 Å². The molecule has 0 spiro atoms. The second kappa shape index (κ2) is 4.86. The van der Waals surface area contributed by atoms with Crippen molar-refractivity contribution in [2.45, 2.75) is 32.2 Å². The molecule has 2 nitrogen and oxygen atoms in total. The Balaban J connectivity index is 2.42. The molecule has 1 rings (SSSR count). The Morgan fingerprint density at radius 2 is 2.23 bits per heavy atom. The molecular formula is C9H18F2N2. The van der Waals surface area contributed by atoms with Crippen molar-refractivity contribution in [1.82, 2.24) is 4.90 Å². The van der Waals surface area contributed by atoms with Crippen LogP contribution in [0.1, 0.15) is 19.8 Å². The molecule has 0 bridgehead atoms. The third-order valence-corrected chi connectivity index (χ3v) is 2.74. The van der Waals surface area contributed by atoms with E-state index in [0.717, 1.165) is 19.4 Å². The molecule has 0 saturated carbocycles. The summed E-state index contributed by atoms with van der Waals surface area (Å²) >= 11 is 0. The van der Waals surface area contributed by atoms with Crippen LogP contribution in [0, 0.1) is 5.92 Å². The third-order valence-electron chi connectivity index (χ3n) is 2.74. The molecule has 13 heavy (non-hydrogen) atoms. The van der Waals surface area contributed by atoms with Crippen LogP contribution in [0.15, 0.2) is 0 Å². The van der Waals surface area contributed by atoms with E-state index < -0.39 is 6.43 Å². The minimum atomic E-state index is -2.23. The van der Waals surface area contributed by atoms with E-state index in [-0.39, 0.29) is 12.6 Å². The van der Waals surface area contributed by atoms with Crippen LogP contribution in [0.3, 0.4) is 0 Å². The van der Waals surface area contributed by atoms with Gasteiger partial charge in [-0.05, 0) is 25.3 Å². The minimum Gasteiger partial charge on any atom is -0.329 e. The molecule has 0 aromatic carbocycles. The van der Waals surface area contributed by atoms with Crippen LogP contribution in [-0.2, 0) is 0 Å². The van der Waals surface area contributed by atoms with E-state index in [0.29, 0.717) is 12.5 Å². The van der Waals surface area contributed by atoms with Gasteiger partial charge in [0.1, 0.15) is 0 Å². The van der Waals surface area contributed by atoms with E-state index in [9.17, 15) is 8.78 Å². The summed E-state index contributed by atoms with van der Waals surface area (Å²) in [6.45, 7) is 3.31. The van der Waals surface area contributed by atoms with Crippen LogP contribution in [-0.4, -0.2) is 37.0 Å². The first-order valence-electron chi connectivity index (χ1n) is 4.85. The number of likely N-dealkylation sites (tertiary alicyclic amines) is 1. The molecular weight excluding hydrogens is 174 g/mol. The molecule has 0 aromatic rings. The SMILES string of the molecule is CC1CCN(CC(F)F)C(CN)C1. The number of halogens is 2. The molecule has 78 valence electrons. The standard InChI is InChI=1S/C9H18F2N2/c1-7-2-3-13(6-9(10)11)8(4-7)5-12/h7-9H,2-6,12H2,1H3. The van der Waals surface area contributed by atoms with Crippen molar-refractivity contribution < 1.29 is 8.78 Å². The number of nitrogens with two attached hydrogens (primary N) is 1. The highest BCUT2D eigenvalue weighted by molar-refractivity contribution is 4.80. The summed E-state index contributed by atoms with van der Waals surface area (Å²) < 4.78 is 24.3. The first-order chi connectivity index (χ1) is 6.13. The fraction of sp³-hybridized carbons (Fsp3) is 1.00. The van der Waals surface area contributed by atoms with Crippen molar-refractivity contribution >= 4 is 0 Å². The van der Waals surface area contributed by atoms with Crippen molar-refractivity contribution in [1.29, 1.82) is 0 Å². The van der Waals surface area contributed by atoms with Crippen LogP contribution in [0.2, 0.25) is 0 Å². The molecule has 0 radical (unpaired) electrons. The van der Waals surface area contributed by atoms with E-state index in [1.165, 1.54) is 0 Å². The fourth-order valence-corrected chi connectivity index (χ4v) is 1.96. The number of nitrogens with zero attached hydrogens (tertiary/aromatic N) is 1. The second-order valence-electron chi connectivity index (χ2n) is 3.91. The van der Waals surface area contributed by atoms with Crippen LogP contribution in [0.4, 0.5) is 8.78 Å². The van der Waals surface area contributed by atoms with Crippen LogP contribution in [0.5, 0.6) is 0 Å². The second-order valence-corrected chi connectivity index (χ2v) is 3.91. The summed E-state index contributed by atoms with van der Waals surface area (Å²) in [5.74, 6) is 0.627. The van der Waals surface area contributed by atoms with Gasteiger partial charge in [-0.1, -0.05) is 6.92 Å². The lowest BCUT2D eigenvalue weighted by Gasteiger charge is -2.37. The summed E-state index contributed by atoms with van der Waals surface area (Å²) in [5, 5.41) is 0. The summed E-state index contributed by atoms with van der Waals surface area (Å²) in [6, 6.07) is 0.165. The van der Waals surface area contributed by atoms with Crippen LogP contribution in [0.25, 0.3) is 0 Å². The summed E-state index contributed by atoms with van der Waals surface area (Å²) in [5.41, 5.74) is 5.55. The molecule has 0 amide bonds. The number of hydrogen-bond acceptors (Lipinski definition) is 2. The van der Waals surface area contributed by atoms with Gasteiger partial charge in [-0.2, -0.15) is 0 Å². The Kier molecular flexibility index (Phi) is 4.06. The Labute approximate surface area is 78.1 Å². The number of alkyl halides is 2. The minimum absolute atomic E-state index is 0.116. The highest BCUT2D eigenvalue weighted by Crippen LogP contribution is 2.22. The van der Waals surface area contributed by atoms with E-state index in [1.54, 1.807) is 0 Å². The molecule has 1 heterocycles. The quantitative estimate of drug-likeness (QED) is 0.730. The Bertz CT molecular complexity index is 153. The highest BCUT2D eigenvalue weighted by atomic mass is 19.3. The average molecular weight is 192 g/mol. The molecule has 2 atom stereocenters. The van der Waals surface area contributed by atoms with Gasteiger partial charge in [0.25, 0.3) is 6.43 Å².